The fourth-order valence-electron chi connectivity index (χ4n) is 2.13. The molecule has 1 aromatic heterocycles. The molecule has 0 spiro atoms. The van der Waals surface area contributed by atoms with Gasteiger partial charge in [0.15, 0.2) is 5.75 Å². The molecule has 0 bridgehead atoms. The van der Waals surface area contributed by atoms with Crippen molar-refractivity contribution in [3.8, 4) is 5.75 Å². The molecule has 0 atom stereocenters. The third-order valence-corrected chi connectivity index (χ3v) is 5.39. The van der Waals surface area contributed by atoms with Crippen LogP contribution in [-0.4, -0.2) is 13.4 Å². The van der Waals surface area contributed by atoms with Crippen LogP contribution in [0.3, 0.4) is 0 Å². The molecule has 0 aliphatic rings. The number of rotatable bonds is 3. The summed E-state index contributed by atoms with van der Waals surface area (Å²) in [4.78, 5) is 4.04. The van der Waals surface area contributed by atoms with Gasteiger partial charge in [-0.3, -0.25) is 4.98 Å². The Morgan fingerprint density at radius 3 is 2.57 bits per heavy atom. The highest BCUT2D eigenvalue weighted by atomic mass is 35.5. The lowest BCUT2D eigenvalue weighted by molar-refractivity contribution is 0.488. The van der Waals surface area contributed by atoms with Gasteiger partial charge in [0.05, 0.1) is 5.02 Å². The van der Waals surface area contributed by atoms with Crippen molar-refractivity contribution in [1.29, 1.82) is 0 Å². The van der Waals surface area contributed by atoms with Gasteiger partial charge in [0, 0.05) is 16.6 Å². The number of halogens is 2. The second kappa shape index (κ2) is 6.00. The maximum Gasteiger partial charge on any atom is 0.340 e. The summed E-state index contributed by atoms with van der Waals surface area (Å²) in [6, 6.07) is 11.4. The number of hydrogen-bond donors (Lipinski definition) is 0. The Hall–Kier alpha value is -1.82. The molecule has 0 amide bonds. The lowest BCUT2D eigenvalue weighted by atomic mass is 10.2. The van der Waals surface area contributed by atoms with Crippen LogP contribution in [-0.2, 0) is 10.1 Å². The Bertz CT molecular complexity index is 998. The van der Waals surface area contributed by atoms with Crippen molar-refractivity contribution in [3.05, 3.63) is 64.3 Å². The minimum Gasteiger partial charge on any atom is -0.377 e. The van der Waals surface area contributed by atoms with Crippen molar-refractivity contribution in [2.45, 2.75) is 11.8 Å². The molecular formula is C16H11Cl2NO3S. The van der Waals surface area contributed by atoms with Crippen LogP contribution in [0.1, 0.15) is 5.56 Å². The number of benzene rings is 2. The van der Waals surface area contributed by atoms with Crippen LogP contribution in [0.15, 0.2) is 53.6 Å². The molecule has 3 rings (SSSR count). The van der Waals surface area contributed by atoms with Crippen LogP contribution in [0.25, 0.3) is 10.9 Å². The van der Waals surface area contributed by atoms with Crippen molar-refractivity contribution < 1.29 is 12.6 Å². The average Bonchev–Trinajstić information content (AvgIpc) is 2.51. The van der Waals surface area contributed by atoms with Gasteiger partial charge in [0.25, 0.3) is 0 Å². The minimum atomic E-state index is -4.11. The first-order valence-corrected chi connectivity index (χ1v) is 8.79. The van der Waals surface area contributed by atoms with Crippen molar-refractivity contribution in [1.82, 2.24) is 4.98 Å². The average molecular weight is 368 g/mol. The van der Waals surface area contributed by atoms with E-state index in [1.807, 2.05) is 12.1 Å². The molecule has 1 heterocycles. The van der Waals surface area contributed by atoms with Crippen LogP contribution in [0.4, 0.5) is 0 Å². The first kappa shape index (κ1) is 16.1. The number of para-hydroxylation sites is 1. The number of hydrogen-bond acceptors (Lipinski definition) is 4. The van der Waals surface area contributed by atoms with E-state index >= 15 is 0 Å². The highest BCUT2D eigenvalue weighted by molar-refractivity contribution is 7.87. The molecule has 2 aromatic carbocycles. The van der Waals surface area contributed by atoms with E-state index in [-0.39, 0.29) is 15.7 Å². The fourth-order valence-corrected chi connectivity index (χ4v) is 3.88. The molecule has 4 nitrogen and oxygen atoms in total. The quantitative estimate of drug-likeness (QED) is 0.633. The molecule has 23 heavy (non-hydrogen) atoms. The standard InChI is InChI=1S/C16H11Cl2NO3S/c1-10-8-15(13(18)9-12(10)17)23(20,21)22-14-6-2-4-11-5-3-7-19-16(11)14/h2-9H,1H3. The highest BCUT2D eigenvalue weighted by Crippen LogP contribution is 2.32. The lowest BCUT2D eigenvalue weighted by Crippen LogP contribution is -2.11. The monoisotopic (exact) mass is 367 g/mol. The SMILES string of the molecule is Cc1cc(S(=O)(=O)Oc2cccc3cccnc23)c(Cl)cc1Cl. The van der Waals surface area contributed by atoms with Gasteiger partial charge in [-0.1, -0.05) is 41.4 Å². The second-order valence-corrected chi connectivity index (χ2v) is 7.23. The van der Waals surface area contributed by atoms with Crippen LogP contribution in [0.2, 0.25) is 10.0 Å². The maximum absolute atomic E-state index is 12.6. The Balaban J connectivity index is 2.09. The summed E-state index contributed by atoms with van der Waals surface area (Å²) in [7, 11) is -4.11. The molecule has 0 aliphatic carbocycles. The molecule has 118 valence electrons. The van der Waals surface area contributed by atoms with E-state index in [1.165, 1.54) is 12.1 Å². The predicted octanol–water partition coefficient (Wildman–Crippen LogP) is 4.62. The molecular weight excluding hydrogens is 357 g/mol. The predicted molar refractivity (Wildman–Crippen MR) is 90.8 cm³/mol. The lowest BCUT2D eigenvalue weighted by Gasteiger charge is -2.11. The van der Waals surface area contributed by atoms with Gasteiger partial charge < -0.3 is 4.18 Å². The second-order valence-electron chi connectivity index (χ2n) is 4.90. The Morgan fingerprint density at radius 1 is 1.04 bits per heavy atom. The smallest absolute Gasteiger partial charge is 0.340 e. The fraction of sp³-hybridized carbons (Fsp3) is 0.0625. The zero-order valence-corrected chi connectivity index (χ0v) is 14.3. The molecule has 0 radical (unpaired) electrons. The van der Waals surface area contributed by atoms with E-state index in [9.17, 15) is 8.42 Å². The number of fused-ring (bicyclic) bond motifs is 1. The normalized spacial score (nSPS) is 11.6. The van der Waals surface area contributed by atoms with Crippen LogP contribution in [0.5, 0.6) is 5.75 Å². The number of nitrogens with zero attached hydrogens (tertiary/aromatic N) is 1. The summed E-state index contributed by atoms with van der Waals surface area (Å²) < 4.78 is 30.4. The van der Waals surface area contributed by atoms with Crippen molar-refractivity contribution in [3.63, 3.8) is 0 Å². The van der Waals surface area contributed by atoms with E-state index in [2.05, 4.69) is 4.98 Å². The molecule has 3 aromatic rings. The van der Waals surface area contributed by atoms with Gasteiger partial charge in [-0.05, 0) is 36.8 Å². The zero-order valence-electron chi connectivity index (χ0n) is 12.0. The highest BCUT2D eigenvalue weighted by Gasteiger charge is 2.23. The molecule has 0 N–H and O–H groups in total. The third-order valence-electron chi connectivity index (χ3n) is 3.28. The number of aromatic nitrogens is 1. The van der Waals surface area contributed by atoms with Crippen LogP contribution >= 0.6 is 23.2 Å². The Morgan fingerprint density at radius 2 is 1.78 bits per heavy atom. The summed E-state index contributed by atoms with van der Waals surface area (Å²) in [6.07, 6.45) is 1.57. The zero-order chi connectivity index (χ0) is 16.6. The first-order chi connectivity index (χ1) is 10.9. The van der Waals surface area contributed by atoms with E-state index < -0.39 is 10.1 Å². The van der Waals surface area contributed by atoms with Crippen LogP contribution in [0, 0.1) is 6.92 Å². The van der Waals surface area contributed by atoms with Gasteiger partial charge in [0.2, 0.25) is 0 Å². The summed E-state index contributed by atoms with van der Waals surface area (Å²) in [5, 5.41) is 1.17. The topological polar surface area (TPSA) is 56.3 Å². The van der Waals surface area contributed by atoms with Gasteiger partial charge in [-0.25, -0.2) is 0 Å². The number of aryl methyl sites for hydroxylation is 1. The van der Waals surface area contributed by atoms with E-state index in [1.54, 1.807) is 31.3 Å². The molecule has 0 fully saturated rings. The Kier molecular flexibility index (Phi) is 4.19. The minimum absolute atomic E-state index is 0.00814. The van der Waals surface area contributed by atoms with Crippen LogP contribution < -0.4 is 4.18 Å². The first-order valence-electron chi connectivity index (χ1n) is 6.62. The summed E-state index contributed by atoms with van der Waals surface area (Å²) in [5.74, 6) is 0.145. The van der Waals surface area contributed by atoms with Crippen molar-refractivity contribution in [2.24, 2.45) is 0 Å². The summed E-state index contributed by atoms with van der Waals surface area (Å²) in [5.41, 5.74) is 1.05. The molecule has 7 heteroatoms. The van der Waals surface area contributed by atoms with Crippen molar-refractivity contribution in [2.75, 3.05) is 0 Å². The summed E-state index contributed by atoms with van der Waals surface area (Å²) in [6.45, 7) is 1.69. The largest absolute Gasteiger partial charge is 0.377 e. The summed E-state index contributed by atoms with van der Waals surface area (Å²) >= 11 is 12.0. The van der Waals surface area contributed by atoms with Gasteiger partial charge >= 0.3 is 10.1 Å². The molecule has 0 unspecified atom stereocenters. The molecule has 0 aliphatic heterocycles. The molecule has 0 saturated carbocycles. The van der Waals surface area contributed by atoms with Gasteiger partial charge in [-0.2, -0.15) is 8.42 Å². The van der Waals surface area contributed by atoms with Gasteiger partial charge in [0.1, 0.15) is 10.4 Å². The number of pyridine rings is 1. The molecule has 0 saturated heterocycles. The Labute approximate surface area is 143 Å². The van der Waals surface area contributed by atoms with E-state index in [0.717, 1.165) is 5.39 Å². The maximum atomic E-state index is 12.6. The third kappa shape index (κ3) is 3.13. The van der Waals surface area contributed by atoms with E-state index in [4.69, 9.17) is 27.4 Å². The van der Waals surface area contributed by atoms with E-state index in [0.29, 0.717) is 16.1 Å². The van der Waals surface area contributed by atoms with Crippen molar-refractivity contribution >= 4 is 44.2 Å². The van der Waals surface area contributed by atoms with Gasteiger partial charge in [-0.15, -0.1) is 0 Å².